The van der Waals surface area contributed by atoms with Crippen LogP contribution >= 0.6 is 0 Å². The minimum absolute atomic E-state index is 0. The first-order valence-electron chi connectivity index (χ1n) is 4.67. The second-order valence-corrected chi connectivity index (χ2v) is 3.65. The van der Waals surface area contributed by atoms with E-state index >= 15 is 0 Å². The minimum Gasteiger partial charge on any atom is -1.00 e. The smallest absolute Gasteiger partial charge is 0.210 e. The average Bonchev–Trinajstić information content (AvgIpc) is 2.17. The quantitative estimate of drug-likeness (QED) is 0.496. The molecule has 2 heterocycles. The Morgan fingerprint density at radius 1 is 1.07 bits per heavy atom. The molecule has 0 aromatic carbocycles. The lowest BCUT2D eigenvalue weighted by Crippen LogP contribution is -3.00. The Labute approximate surface area is 102 Å². The van der Waals surface area contributed by atoms with E-state index in [0.29, 0.717) is 5.92 Å². The third-order valence-electron chi connectivity index (χ3n) is 2.32. The van der Waals surface area contributed by atoms with Crippen LogP contribution in [0.1, 0.15) is 25.3 Å². The van der Waals surface area contributed by atoms with E-state index in [0.717, 1.165) is 0 Å². The van der Waals surface area contributed by atoms with Gasteiger partial charge in [-0.05, 0) is 18.1 Å². The van der Waals surface area contributed by atoms with Gasteiger partial charge in [-0.2, -0.15) is 4.40 Å². The molecule has 14 heavy (non-hydrogen) atoms. The van der Waals surface area contributed by atoms with Crippen molar-refractivity contribution in [2.75, 3.05) is 0 Å². The summed E-state index contributed by atoms with van der Waals surface area (Å²) in [6.45, 7) is 4.43. The zero-order valence-electron chi connectivity index (χ0n) is 8.44. The van der Waals surface area contributed by atoms with Crippen LogP contribution in [-0.2, 0) is 0 Å². The number of halogens is 1. The second kappa shape index (κ2) is 4.73. The normalized spacial score (nSPS) is 10.2. The summed E-state index contributed by atoms with van der Waals surface area (Å²) in [6.07, 6.45) is 4.28. The molecule has 0 bridgehead atoms. The van der Waals surface area contributed by atoms with Crippen molar-refractivity contribution in [2.24, 2.45) is 0 Å². The maximum absolute atomic E-state index is 2.21. The summed E-state index contributed by atoms with van der Waals surface area (Å²) in [4.78, 5) is 0. The third kappa shape index (κ3) is 2.23. The molecule has 0 saturated heterocycles. The molecule has 0 spiro atoms. The zero-order valence-corrected chi connectivity index (χ0v) is 10.6. The lowest BCUT2D eigenvalue weighted by atomic mass is 10.1. The standard InChI is InChI=1S/C12H14N.HI/c1-10(2)11-6-7-12-5-3-4-8-13(12)9-11;/h3-10H,1-2H3;1H/q+1;/p-1. The predicted octanol–water partition coefficient (Wildman–Crippen LogP) is -0.447. The van der Waals surface area contributed by atoms with Crippen molar-refractivity contribution in [1.29, 1.82) is 0 Å². The second-order valence-electron chi connectivity index (χ2n) is 3.65. The van der Waals surface area contributed by atoms with Crippen molar-refractivity contribution in [3.05, 3.63) is 48.3 Å². The largest absolute Gasteiger partial charge is 1.00 e. The van der Waals surface area contributed by atoms with Crippen LogP contribution in [0, 0.1) is 0 Å². The summed E-state index contributed by atoms with van der Waals surface area (Å²) in [6, 6.07) is 10.6. The molecule has 0 N–H and O–H groups in total. The van der Waals surface area contributed by atoms with Crippen molar-refractivity contribution in [3.8, 4) is 0 Å². The number of pyridine rings is 2. The Hall–Kier alpha value is -0.640. The number of rotatable bonds is 1. The fourth-order valence-corrected chi connectivity index (χ4v) is 1.45. The number of hydrogen-bond acceptors (Lipinski definition) is 0. The molecule has 2 aromatic rings. The van der Waals surface area contributed by atoms with Gasteiger partial charge in [0.1, 0.15) is 0 Å². The summed E-state index contributed by atoms with van der Waals surface area (Å²) in [5, 5.41) is 0. The number of nitrogens with zero attached hydrogens (tertiary/aromatic N) is 1. The van der Waals surface area contributed by atoms with Gasteiger partial charge in [0.15, 0.2) is 12.4 Å². The van der Waals surface area contributed by atoms with Crippen LogP contribution in [0.25, 0.3) is 5.52 Å². The molecule has 2 aromatic heterocycles. The molecule has 2 rings (SSSR count). The molecular formula is C12H14IN. The Morgan fingerprint density at radius 3 is 2.57 bits per heavy atom. The first-order chi connectivity index (χ1) is 6.27. The molecule has 0 saturated carbocycles. The highest BCUT2D eigenvalue weighted by Crippen LogP contribution is 2.11. The van der Waals surface area contributed by atoms with Crippen molar-refractivity contribution in [2.45, 2.75) is 19.8 Å². The molecule has 2 heteroatoms. The monoisotopic (exact) mass is 299 g/mol. The highest BCUT2D eigenvalue weighted by Gasteiger charge is 2.05. The maximum Gasteiger partial charge on any atom is 0.210 e. The highest BCUT2D eigenvalue weighted by molar-refractivity contribution is 5.38. The van der Waals surface area contributed by atoms with Gasteiger partial charge in [-0.1, -0.05) is 13.8 Å². The lowest BCUT2D eigenvalue weighted by molar-refractivity contribution is -0.512. The van der Waals surface area contributed by atoms with Crippen LogP contribution < -0.4 is 28.4 Å². The van der Waals surface area contributed by atoms with Gasteiger partial charge in [-0.15, -0.1) is 0 Å². The molecule has 0 radical (unpaired) electrons. The lowest BCUT2D eigenvalue weighted by Gasteiger charge is -2.01. The minimum atomic E-state index is 0. The van der Waals surface area contributed by atoms with Gasteiger partial charge in [-0.3, -0.25) is 0 Å². The first-order valence-corrected chi connectivity index (χ1v) is 4.67. The topological polar surface area (TPSA) is 4.10 Å². The molecule has 0 aliphatic rings. The van der Waals surface area contributed by atoms with E-state index in [2.05, 4.69) is 61.0 Å². The van der Waals surface area contributed by atoms with Crippen molar-refractivity contribution >= 4 is 5.52 Å². The highest BCUT2D eigenvalue weighted by atomic mass is 127. The van der Waals surface area contributed by atoms with Gasteiger partial charge >= 0.3 is 0 Å². The van der Waals surface area contributed by atoms with E-state index in [1.807, 2.05) is 0 Å². The van der Waals surface area contributed by atoms with E-state index in [9.17, 15) is 0 Å². The summed E-state index contributed by atoms with van der Waals surface area (Å²) < 4.78 is 2.16. The van der Waals surface area contributed by atoms with Gasteiger partial charge < -0.3 is 24.0 Å². The molecule has 0 amide bonds. The van der Waals surface area contributed by atoms with Gasteiger partial charge in [0, 0.05) is 23.8 Å². The van der Waals surface area contributed by atoms with Crippen LogP contribution in [0.5, 0.6) is 0 Å². The van der Waals surface area contributed by atoms with Gasteiger partial charge in [0.2, 0.25) is 5.52 Å². The molecule has 1 nitrogen and oxygen atoms in total. The summed E-state index contributed by atoms with van der Waals surface area (Å²) >= 11 is 0. The molecule has 74 valence electrons. The van der Waals surface area contributed by atoms with E-state index in [1.54, 1.807) is 0 Å². The molecule has 0 atom stereocenters. The van der Waals surface area contributed by atoms with Crippen LogP contribution in [0.15, 0.2) is 42.7 Å². The third-order valence-corrected chi connectivity index (χ3v) is 2.32. The average molecular weight is 299 g/mol. The van der Waals surface area contributed by atoms with Crippen LogP contribution in [-0.4, -0.2) is 0 Å². The molecule has 0 unspecified atom stereocenters. The first kappa shape index (κ1) is 11.4. The Kier molecular flexibility index (Phi) is 3.86. The SMILES string of the molecule is CC(C)c1ccc2cccc[n+]2c1.[I-]. The summed E-state index contributed by atoms with van der Waals surface area (Å²) in [5.74, 6) is 0.595. The number of fused-ring (bicyclic) bond motifs is 1. The van der Waals surface area contributed by atoms with Crippen molar-refractivity contribution < 1.29 is 28.4 Å². The van der Waals surface area contributed by atoms with Crippen LogP contribution in [0.4, 0.5) is 0 Å². The van der Waals surface area contributed by atoms with Crippen LogP contribution in [0.3, 0.4) is 0 Å². The molecule has 0 fully saturated rings. The number of hydrogen-bond donors (Lipinski definition) is 0. The molecule has 0 aliphatic carbocycles. The zero-order chi connectivity index (χ0) is 9.26. The molecule has 0 aliphatic heterocycles. The van der Waals surface area contributed by atoms with Crippen molar-refractivity contribution in [1.82, 2.24) is 0 Å². The fraction of sp³-hybridized carbons (Fsp3) is 0.250. The summed E-state index contributed by atoms with van der Waals surface area (Å²) in [7, 11) is 0. The van der Waals surface area contributed by atoms with E-state index in [-0.39, 0.29) is 24.0 Å². The fourth-order valence-electron chi connectivity index (χ4n) is 1.45. The number of aromatic nitrogens is 1. The van der Waals surface area contributed by atoms with Crippen LogP contribution in [0.2, 0.25) is 0 Å². The Morgan fingerprint density at radius 2 is 1.86 bits per heavy atom. The van der Waals surface area contributed by atoms with Gasteiger partial charge in [0.25, 0.3) is 0 Å². The van der Waals surface area contributed by atoms with Crippen molar-refractivity contribution in [3.63, 3.8) is 0 Å². The Balaban J connectivity index is 0.000000980. The predicted molar refractivity (Wildman–Crippen MR) is 53.7 cm³/mol. The van der Waals surface area contributed by atoms with Gasteiger partial charge in [-0.25, -0.2) is 0 Å². The van der Waals surface area contributed by atoms with E-state index < -0.39 is 0 Å². The Bertz CT molecular complexity index is 423. The van der Waals surface area contributed by atoms with E-state index in [1.165, 1.54) is 11.1 Å². The molecular weight excluding hydrogens is 285 g/mol. The maximum atomic E-state index is 2.21. The van der Waals surface area contributed by atoms with Gasteiger partial charge in [0.05, 0.1) is 0 Å². The van der Waals surface area contributed by atoms with E-state index in [4.69, 9.17) is 0 Å². The summed E-state index contributed by atoms with van der Waals surface area (Å²) in [5.41, 5.74) is 2.62.